The Morgan fingerprint density at radius 1 is 1.30 bits per heavy atom. The molecule has 3 nitrogen and oxygen atoms in total. The molecule has 0 amide bonds. The van der Waals surface area contributed by atoms with Crippen molar-refractivity contribution in [1.82, 2.24) is 4.31 Å². The highest BCUT2D eigenvalue weighted by Crippen LogP contribution is 2.26. The number of alkyl halides is 4. The third-order valence-electron chi connectivity index (χ3n) is 2.50. The van der Waals surface area contributed by atoms with Gasteiger partial charge in [0.2, 0.25) is 10.0 Å². The first-order chi connectivity index (χ1) is 9.11. The van der Waals surface area contributed by atoms with E-state index in [4.69, 9.17) is 11.6 Å². The first-order valence-electron chi connectivity index (χ1n) is 5.53. The van der Waals surface area contributed by atoms with E-state index in [1.807, 2.05) is 0 Å². The summed E-state index contributed by atoms with van der Waals surface area (Å²) in [6, 6.07) is 2.81. The molecule has 0 saturated heterocycles. The lowest BCUT2D eigenvalue weighted by Gasteiger charge is -2.23. The van der Waals surface area contributed by atoms with Crippen molar-refractivity contribution in [2.75, 3.05) is 13.1 Å². The van der Waals surface area contributed by atoms with Crippen LogP contribution >= 0.6 is 11.6 Å². The summed E-state index contributed by atoms with van der Waals surface area (Å²) in [5.41, 5.74) is 0.0497. The van der Waals surface area contributed by atoms with Gasteiger partial charge in [0.25, 0.3) is 0 Å². The fourth-order valence-corrected chi connectivity index (χ4v) is 3.56. The van der Waals surface area contributed by atoms with Crippen LogP contribution in [0.4, 0.5) is 17.6 Å². The van der Waals surface area contributed by atoms with Crippen molar-refractivity contribution < 1.29 is 26.0 Å². The molecular formula is C11H12ClF4NO2S. The van der Waals surface area contributed by atoms with Crippen LogP contribution in [-0.4, -0.2) is 32.0 Å². The van der Waals surface area contributed by atoms with Crippen LogP contribution in [0, 0.1) is 5.82 Å². The Balaban J connectivity index is 3.30. The average molecular weight is 334 g/mol. The molecule has 0 N–H and O–H groups in total. The molecule has 20 heavy (non-hydrogen) atoms. The molecule has 0 radical (unpaired) electrons. The molecular weight excluding hydrogens is 322 g/mol. The van der Waals surface area contributed by atoms with Crippen molar-refractivity contribution in [2.24, 2.45) is 0 Å². The zero-order chi connectivity index (χ0) is 15.6. The fourth-order valence-electron chi connectivity index (χ4n) is 1.58. The number of halogens is 5. The summed E-state index contributed by atoms with van der Waals surface area (Å²) >= 11 is 5.54. The summed E-state index contributed by atoms with van der Waals surface area (Å²) in [6.07, 6.45) is -4.68. The highest BCUT2D eigenvalue weighted by atomic mass is 35.5. The second-order valence-corrected chi connectivity index (χ2v) is 6.11. The summed E-state index contributed by atoms with van der Waals surface area (Å²) < 4.78 is 74.9. The number of sulfonamides is 1. The summed E-state index contributed by atoms with van der Waals surface area (Å²) in [5, 5.41) is 0. The molecule has 0 aliphatic heterocycles. The Labute approximate surface area is 119 Å². The third kappa shape index (κ3) is 4.07. The molecule has 0 fully saturated rings. The van der Waals surface area contributed by atoms with Gasteiger partial charge >= 0.3 is 6.18 Å². The lowest BCUT2D eigenvalue weighted by atomic mass is 10.2. The second-order valence-electron chi connectivity index (χ2n) is 3.93. The van der Waals surface area contributed by atoms with Crippen molar-refractivity contribution in [2.45, 2.75) is 23.9 Å². The van der Waals surface area contributed by atoms with Gasteiger partial charge in [-0.25, -0.2) is 12.8 Å². The minimum atomic E-state index is -4.68. The van der Waals surface area contributed by atoms with E-state index in [9.17, 15) is 26.0 Å². The van der Waals surface area contributed by atoms with Gasteiger partial charge in [-0.05, 0) is 17.7 Å². The largest absolute Gasteiger partial charge is 0.402 e. The number of hydrogen-bond acceptors (Lipinski definition) is 2. The molecule has 114 valence electrons. The SMILES string of the molecule is CCN(CC(F)(F)F)S(=O)(=O)c1cc(F)ccc1CCl. The summed E-state index contributed by atoms with van der Waals surface area (Å²) in [4.78, 5) is -0.543. The van der Waals surface area contributed by atoms with Crippen LogP contribution in [0.15, 0.2) is 23.1 Å². The van der Waals surface area contributed by atoms with Crippen molar-refractivity contribution in [3.05, 3.63) is 29.6 Å². The standard InChI is InChI=1S/C11H12ClF4NO2S/c1-2-17(7-11(14,15)16)20(18,19)10-5-9(13)4-3-8(10)6-12/h3-5H,2,6-7H2,1H3. The number of nitrogens with zero attached hydrogens (tertiary/aromatic N) is 1. The molecule has 0 spiro atoms. The van der Waals surface area contributed by atoms with Crippen molar-refractivity contribution in [3.8, 4) is 0 Å². The zero-order valence-corrected chi connectivity index (χ0v) is 12.0. The Morgan fingerprint density at radius 2 is 1.90 bits per heavy atom. The van der Waals surface area contributed by atoms with E-state index in [1.165, 1.54) is 6.92 Å². The van der Waals surface area contributed by atoms with E-state index in [0.717, 1.165) is 12.1 Å². The Bertz CT molecular complexity index is 574. The van der Waals surface area contributed by atoms with Crippen molar-refractivity contribution in [1.29, 1.82) is 0 Å². The maximum atomic E-state index is 13.2. The molecule has 0 aromatic heterocycles. The summed E-state index contributed by atoms with van der Waals surface area (Å²) in [6.45, 7) is -0.757. The zero-order valence-electron chi connectivity index (χ0n) is 10.4. The van der Waals surface area contributed by atoms with E-state index >= 15 is 0 Å². The molecule has 1 rings (SSSR count). The topological polar surface area (TPSA) is 37.4 Å². The molecule has 0 heterocycles. The lowest BCUT2D eigenvalue weighted by molar-refractivity contribution is -0.135. The predicted molar refractivity (Wildman–Crippen MR) is 66.4 cm³/mol. The Hall–Kier alpha value is -0.860. The molecule has 0 aliphatic rings. The maximum absolute atomic E-state index is 13.2. The molecule has 9 heteroatoms. The summed E-state index contributed by atoms with van der Waals surface area (Å²) in [5.74, 6) is -1.11. The molecule has 1 aromatic carbocycles. The highest BCUT2D eigenvalue weighted by Gasteiger charge is 2.37. The van der Waals surface area contributed by atoms with E-state index < -0.39 is 33.5 Å². The fraction of sp³-hybridized carbons (Fsp3) is 0.455. The quantitative estimate of drug-likeness (QED) is 0.613. The Kier molecular flexibility index (Phi) is 5.39. The molecule has 0 bridgehead atoms. The lowest BCUT2D eigenvalue weighted by Crippen LogP contribution is -2.39. The number of benzene rings is 1. The van der Waals surface area contributed by atoms with Crippen molar-refractivity contribution in [3.63, 3.8) is 0 Å². The monoisotopic (exact) mass is 333 g/mol. The number of hydrogen-bond donors (Lipinski definition) is 0. The first kappa shape index (κ1) is 17.2. The van der Waals surface area contributed by atoms with Gasteiger partial charge in [-0.1, -0.05) is 13.0 Å². The highest BCUT2D eigenvalue weighted by molar-refractivity contribution is 7.89. The molecule has 0 aliphatic carbocycles. The molecule has 0 saturated carbocycles. The van der Waals surface area contributed by atoms with Gasteiger partial charge < -0.3 is 0 Å². The van der Waals surface area contributed by atoms with Crippen LogP contribution in [-0.2, 0) is 15.9 Å². The smallest absolute Gasteiger partial charge is 0.207 e. The van der Waals surface area contributed by atoms with Crippen LogP contribution < -0.4 is 0 Å². The molecule has 1 aromatic rings. The minimum absolute atomic E-state index is 0.0497. The van der Waals surface area contributed by atoms with Gasteiger partial charge in [0.15, 0.2) is 0 Å². The van der Waals surface area contributed by atoms with Gasteiger partial charge in [-0.3, -0.25) is 0 Å². The van der Waals surface area contributed by atoms with Gasteiger partial charge in [-0.15, -0.1) is 11.6 Å². The number of rotatable bonds is 5. The average Bonchev–Trinajstić information content (AvgIpc) is 2.34. The minimum Gasteiger partial charge on any atom is -0.207 e. The first-order valence-corrected chi connectivity index (χ1v) is 7.50. The normalized spacial score (nSPS) is 12.9. The van der Waals surface area contributed by atoms with Crippen LogP contribution in [0.25, 0.3) is 0 Å². The van der Waals surface area contributed by atoms with Crippen LogP contribution in [0.1, 0.15) is 12.5 Å². The molecule has 0 atom stereocenters. The van der Waals surface area contributed by atoms with Gasteiger partial charge in [-0.2, -0.15) is 17.5 Å². The second kappa shape index (κ2) is 6.28. The van der Waals surface area contributed by atoms with Gasteiger partial charge in [0.05, 0.1) is 4.90 Å². The third-order valence-corrected chi connectivity index (χ3v) is 4.79. The van der Waals surface area contributed by atoms with Crippen molar-refractivity contribution >= 4 is 21.6 Å². The van der Waals surface area contributed by atoms with E-state index in [0.29, 0.717) is 6.07 Å². The summed E-state index contributed by atoms with van der Waals surface area (Å²) in [7, 11) is -4.46. The van der Waals surface area contributed by atoms with E-state index in [1.54, 1.807) is 0 Å². The molecule has 0 unspecified atom stereocenters. The van der Waals surface area contributed by atoms with Crippen LogP contribution in [0.2, 0.25) is 0 Å². The Morgan fingerprint density at radius 3 is 2.35 bits per heavy atom. The van der Waals surface area contributed by atoms with Gasteiger partial charge in [0, 0.05) is 12.4 Å². The van der Waals surface area contributed by atoms with Gasteiger partial charge in [0.1, 0.15) is 12.4 Å². The maximum Gasteiger partial charge on any atom is 0.402 e. The van der Waals surface area contributed by atoms with E-state index in [2.05, 4.69) is 0 Å². The van der Waals surface area contributed by atoms with E-state index in [-0.39, 0.29) is 22.3 Å². The predicted octanol–water partition coefficient (Wildman–Crippen LogP) is 3.14. The van der Waals surface area contributed by atoms with Crippen LogP contribution in [0.3, 0.4) is 0 Å². The van der Waals surface area contributed by atoms with Crippen LogP contribution in [0.5, 0.6) is 0 Å².